The average molecular weight is 435 g/mol. The third-order valence-electron chi connectivity index (χ3n) is 3.62. The zero-order chi connectivity index (χ0) is 18.8. The molecule has 1 heterocycles. The van der Waals surface area contributed by atoms with E-state index in [2.05, 4.69) is 26.0 Å². The third-order valence-corrected chi connectivity index (χ3v) is 4.35. The summed E-state index contributed by atoms with van der Waals surface area (Å²) in [5, 5.41) is 5.38. The second kappa shape index (κ2) is 7.60. The maximum absolute atomic E-state index is 12.8. The van der Waals surface area contributed by atoms with Crippen molar-refractivity contribution in [3.63, 3.8) is 0 Å². The molecule has 0 aliphatic heterocycles. The summed E-state index contributed by atoms with van der Waals surface area (Å²) in [6, 6.07) is 10.7. The Balaban J connectivity index is 2.09. The zero-order valence-electron chi connectivity index (χ0n) is 14.5. The highest BCUT2D eigenvalue weighted by molar-refractivity contribution is 9.10. The van der Waals surface area contributed by atoms with Crippen LogP contribution in [0, 0.1) is 6.92 Å². The van der Waals surface area contributed by atoms with Crippen molar-refractivity contribution < 1.29 is 4.74 Å². The number of fused-ring (bicyclic) bond motifs is 1. The van der Waals surface area contributed by atoms with Crippen molar-refractivity contribution in [1.29, 1.82) is 0 Å². The van der Waals surface area contributed by atoms with Gasteiger partial charge in [0.25, 0.3) is 5.56 Å². The van der Waals surface area contributed by atoms with E-state index >= 15 is 0 Å². The predicted molar refractivity (Wildman–Crippen MR) is 109 cm³/mol. The molecule has 3 aromatic rings. The quantitative estimate of drug-likeness (QED) is 0.555. The van der Waals surface area contributed by atoms with Gasteiger partial charge in [-0.25, -0.2) is 4.98 Å². The minimum absolute atomic E-state index is 0.00692. The normalized spacial score (nSPS) is 11.6. The molecule has 134 valence electrons. The Morgan fingerprint density at radius 2 is 2.04 bits per heavy atom. The molecule has 0 aliphatic carbocycles. The lowest BCUT2D eigenvalue weighted by atomic mass is 10.2. The van der Waals surface area contributed by atoms with E-state index in [1.54, 1.807) is 43.5 Å². The minimum Gasteiger partial charge on any atom is -0.490 e. The van der Waals surface area contributed by atoms with E-state index in [1.807, 2.05) is 19.9 Å². The van der Waals surface area contributed by atoms with E-state index in [0.717, 1.165) is 4.47 Å². The first kappa shape index (κ1) is 18.6. The molecule has 0 atom stereocenters. The number of aryl methyl sites for hydroxylation is 1. The van der Waals surface area contributed by atoms with Crippen molar-refractivity contribution in [2.75, 3.05) is 0 Å². The lowest BCUT2D eigenvalue weighted by Gasteiger charge is -2.12. The van der Waals surface area contributed by atoms with E-state index in [-0.39, 0.29) is 11.7 Å². The van der Waals surface area contributed by atoms with Crippen LogP contribution in [0.4, 0.5) is 0 Å². The van der Waals surface area contributed by atoms with Crippen LogP contribution in [0.3, 0.4) is 0 Å². The van der Waals surface area contributed by atoms with Gasteiger partial charge in [-0.05, 0) is 57.2 Å². The minimum atomic E-state index is -0.238. The molecule has 0 aliphatic rings. The zero-order valence-corrected chi connectivity index (χ0v) is 16.9. The van der Waals surface area contributed by atoms with Crippen LogP contribution in [0.25, 0.3) is 10.9 Å². The number of rotatable bonds is 4. The van der Waals surface area contributed by atoms with Crippen molar-refractivity contribution in [2.24, 2.45) is 5.10 Å². The van der Waals surface area contributed by atoms with Gasteiger partial charge in [-0.15, -0.1) is 0 Å². The first-order valence-electron chi connectivity index (χ1n) is 8.04. The fourth-order valence-electron chi connectivity index (χ4n) is 2.50. The summed E-state index contributed by atoms with van der Waals surface area (Å²) in [5.74, 6) is 1.14. The fourth-order valence-corrected chi connectivity index (χ4v) is 3.04. The lowest BCUT2D eigenvalue weighted by Crippen LogP contribution is -2.20. The number of aromatic nitrogens is 2. The number of benzene rings is 2. The van der Waals surface area contributed by atoms with E-state index in [9.17, 15) is 4.79 Å². The maximum Gasteiger partial charge on any atom is 0.282 e. The molecule has 0 N–H and O–H groups in total. The smallest absolute Gasteiger partial charge is 0.282 e. The van der Waals surface area contributed by atoms with Crippen LogP contribution >= 0.6 is 27.5 Å². The van der Waals surface area contributed by atoms with Crippen molar-refractivity contribution >= 4 is 44.6 Å². The molecule has 0 unspecified atom stereocenters. The third kappa shape index (κ3) is 3.97. The first-order chi connectivity index (χ1) is 12.3. The summed E-state index contributed by atoms with van der Waals surface area (Å²) < 4.78 is 7.86. The van der Waals surface area contributed by atoms with Crippen LogP contribution in [0.1, 0.15) is 25.2 Å². The number of ether oxygens (including phenoxy) is 1. The van der Waals surface area contributed by atoms with Gasteiger partial charge in [0.15, 0.2) is 0 Å². The standard InChI is InChI=1S/C19H17BrClN3O2/c1-11(2)26-18-7-5-15(21)8-13(18)10-22-24-12(3)23-17-6-4-14(20)9-16(17)19(24)25/h4-11H,1-3H3. The van der Waals surface area contributed by atoms with Gasteiger partial charge in [-0.1, -0.05) is 27.5 Å². The fraction of sp³-hybridized carbons (Fsp3) is 0.211. The summed E-state index contributed by atoms with van der Waals surface area (Å²) in [5.41, 5.74) is 1.08. The van der Waals surface area contributed by atoms with E-state index in [4.69, 9.17) is 16.3 Å². The van der Waals surface area contributed by atoms with Crippen LogP contribution in [0.2, 0.25) is 5.02 Å². The highest BCUT2D eigenvalue weighted by atomic mass is 79.9. The van der Waals surface area contributed by atoms with Crippen LogP contribution in [0.5, 0.6) is 5.75 Å². The first-order valence-corrected chi connectivity index (χ1v) is 9.21. The molecule has 0 amide bonds. The summed E-state index contributed by atoms with van der Waals surface area (Å²) in [7, 11) is 0. The molecule has 7 heteroatoms. The number of hydrogen-bond acceptors (Lipinski definition) is 4. The van der Waals surface area contributed by atoms with Gasteiger partial charge in [-0.3, -0.25) is 4.79 Å². The van der Waals surface area contributed by atoms with Crippen molar-refractivity contribution in [1.82, 2.24) is 9.66 Å². The lowest BCUT2D eigenvalue weighted by molar-refractivity contribution is 0.242. The van der Waals surface area contributed by atoms with Crippen molar-refractivity contribution in [3.8, 4) is 5.75 Å². The molecule has 0 bridgehead atoms. The van der Waals surface area contributed by atoms with Crippen LogP contribution < -0.4 is 10.3 Å². The summed E-state index contributed by atoms with van der Waals surface area (Å²) >= 11 is 9.47. The maximum atomic E-state index is 12.8. The monoisotopic (exact) mass is 433 g/mol. The van der Waals surface area contributed by atoms with Crippen LogP contribution in [0.15, 0.2) is 50.8 Å². The molecule has 5 nitrogen and oxygen atoms in total. The molecular weight excluding hydrogens is 418 g/mol. The topological polar surface area (TPSA) is 56.5 Å². The van der Waals surface area contributed by atoms with E-state index < -0.39 is 0 Å². The van der Waals surface area contributed by atoms with Gasteiger partial charge in [-0.2, -0.15) is 9.78 Å². The van der Waals surface area contributed by atoms with Gasteiger partial charge >= 0.3 is 0 Å². The Kier molecular flexibility index (Phi) is 5.44. The van der Waals surface area contributed by atoms with Gasteiger partial charge in [0.05, 0.1) is 23.2 Å². The molecule has 0 fully saturated rings. The molecule has 0 spiro atoms. The van der Waals surface area contributed by atoms with Gasteiger partial charge in [0, 0.05) is 15.1 Å². The molecule has 1 aromatic heterocycles. The van der Waals surface area contributed by atoms with Gasteiger partial charge in [0.1, 0.15) is 11.6 Å². The van der Waals surface area contributed by atoms with E-state index in [1.165, 1.54) is 4.68 Å². The molecule has 2 aromatic carbocycles. The highest BCUT2D eigenvalue weighted by Crippen LogP contribution is 2.22. The van der Waals surface area contributed by atoms with Crippen LogP contribution in [-0.2, 0) is 0 Å². The second-order valence-electron chi connectivity index (χ2n) is 6.03. The van der Waals surface area contributed by atoms with Gasteiger partial charge in [0.2, 0.25) is 0 Å². The van der Waals surface area contributed by atoms with Gasteiger partial charge < -0.3 is 4.74 Å². The van der Waals surface area contributed by atoms with Crippen molar-refractivity contribution in [2.45, 2.75) is 26.9 Å². The summed E-state index contributed by atoms with van der Waals surface area (Å²) in [6.07, 6.45) is 1.57. The Morgan fingerprint density at radius 1 is 1.27 bits per heavy atom. The number of halogens is 2. The molecule has 3 rings (SSSR count). The molecule has 26 heavy (non-hydrogen) atoms. The number of nitrogens with zero attached hydrogens (tertiary/aromatic N) is 3. The predicted octanol–water partition coefficient (Wildman–Crippen LogP) is 4.79. The van der Waals surface area contributed by atoms with Crippen molar-refractivity contribution in [3.05, 3.63) is 67.6 Å². The Hall–Kier alpha value is -2.18. The molecule has 0 saturated carbocycles. The van der Waals surface area contributed by atoms with E-state index in [0.29, 0.717) is 33.1 Å². The Bertz CT molecular complexity index is 1060. The Morgan fingerprint density at radius 3 is 2.77 bits per heavy atom. The molecular formula is C19H17BrClN3O2. The highest BCUT2D eigenvalue weighted by Gasteiger charge is 2.09. The summed E-state index contributed by atoms with van der Waals surface area (Å²) in [4.78, 5) is 17.2. The molecule has 0 radical (unpaired) electrons. The average Bonchev–Trinajstić information content (AvgIpc) is 2.57. The molecule has 0 saturated heterocycles. The van der Waals surface area contributed by atoms with Crippen LogP contribution in [-0.4, -0.2) is 22.0 Å². The second-order valence-corrected chi connectivity index (χ2v) is 7.38. The summed E-state index contributed by atoms with van der Waals surface area (Å²) in [6.45, 7) is 5.62. The largest absolute Gasteiger partial charge is 0.490 e. The Labute approximate surface area is 164 Å². The SMILES string of the molecule is Cc1nc2ccc(Br)cc2c(=O)n1N=Cc1cc(Cl)ccc1OC(C)C. The number of hydrogen-bond donors (Lipinski definition) is 0.